The van der Waals surface area contributed by atoms with Gasteiger partial charge in [-0.15, -0.1) is 17.0 Å². The Labute approximate surface area is 139 Å². The second kappa shape index (κ2) is 12.7. The van der Waals surface area contributed by atoms with Gasteiger partial charge in [-0.25, -0.2) is 4.79 Å². The molecule has 0 saturated carbocycles. The average molecular weight is 361 g/mol. The Balaban J connectivity index is 0.00000400. The van der Waals surface area contributed by atoms with E-state index >= 15 is 0 Å². The summed E-state index contributed by atoms with van der Waals surface area (Å²) < 4.78 is 4.94. The number of hydrogen-bond donors (Lipinski definition) is 0. The second-order valence-electron chi connectivity index (χ2n) is 5.20. The van der Waals surface area contributed by atoms with Crippen LogP contribution in [-0.4, -0.2) is 42.1 Å². The summed E-state index contributed by atoms with van der Waals surface area (Å²) in [6.07, 6.45) is 12.6. The van der Waals surface area contributed by atoms with E-state index in [9.17, 15) is 4.79 Å². The quantitative estimate of drug-likeness (QED) is 0.319. The monoisotopic (exact) mass is 360 g/mol. The van der Waals surface area contributed by atoms with Gasteiger partial charge in [0.25, 0.3) is 0 Å². The van der Waals surface area contributed by atoms with E-state index in [1.165, 1.54) is 31.8 Å². The van der Waals surface area contributed by atoms with Crippen LogP contribution in [0.3, 0.4) is 0 Å². The maximum atomic E-state index is 10.8. The molecular weight excluding hydrogens is 332 g/mol. The molecule has 1 rings (SSSR count). The largest absolute Gasteiger partial charge is 0.463 e. The molecule has 0 N–H and O–H groups in total. The fourth-order valence-electron chi connectivity index (χ4n) is 2.17. The number of hydrogen-bond acceptors (Lipinski definition) is 4. The van der Waals surface area contributed by atoms with Crippen molar-refractivity contribution in [2.45, 2.75) is 45.4 Å². The highest BCUT2D eigenvalue weighted by molar-refractivity contribution is 8.93. The average Bonchev–Trinajstić information content (AvgIpc) is 2.91. The smallest absolute Gasteiger partial charge is 0.330 e. The predicted octanol–water partition coefficient (Wildman–Crippen LogP) is 3.70. The maximum Gasteiger partial charge on any atom is 0.330 e. The Bertz CT molecular complexity index is 321. The maximum absolute atomic E-state index is 10.8. The fraction of sp³-hybridized carbons (Fsp3) is 0.688. The van der Waals surface area contributed by atoms with E-state index in [0.29, 0.717) is 6.61 Å². The molecule has 0 spiro atoms. The number of carbonyl (C=O) groups excluding carboxylic acids is 1. The Hall–Kier alpha value is -0.970. The fourth-order valence-corrected chi connectivity index (χ4v) is 2.17. The van der Waals surface area contributed by atoms with Gasteiger partial charge >= 0.3 is 5.97 Å². The lowest BCUT2D eigenvalue weighted by molar-refractivity contribution is -0.137. The number of nitrogens with zero attached hydrogens (tertiary/aromatic N) is 2. The number of esters is 1. The van der Waals surface area contributed by atoms with Gasteiger partial charge in [0, 0.05) is 31.6 Å². The molecule has 0 aromatic carbocycles. The highest BCUT2D eigenvalue weighted by atomic mass is 79.9. The topological polar surface area (TPSA) is 32.8 Å². The highest BCUT2D eigenvalue weighted by Gasteiger charge is 2.10. The number of unbranched alkanes of at least 4 members (excludes halogenated alkanes) is 4. The van der Waals surface area contributed by atoms with Gasteiger partial charge in [0.1, 0.15) is 0 Å². The zero-order valence-electron chi connectivity index (χ0n) is 13.1. The summed E-state index contributed by atoms with van der Waals surface area (Å²) in [5, 5.41) is 0. The van der Waals surface area contributed by atoms with E-state index in [0.717, 1.165) is 32.6 Å². The molecule has 0 radical (unpaired) electrons. The van der Waals surface area contributed by atoms with Crippen LogP contribution < -0.4 is 0 Å². The number of ether oxygens (including phenoxy) is 1. The summed E-state index contributed by atoms with van der Waals surface area (Å²) in [6, 6.07) is 0. The molecule has 0 saturated heterocycles. The van der Waals surface area contributed by atoms with Gasteiger partial charge in [0.05, 0.1) is 13.3 Å². The molecule has 1 heterocycles. The SMILES string of the molecule is Br.C=CC(=O)OCCCCCCN1C=CN(CCCC)C1. The van der Waals surface area contributed by atoms with Crippen molar-refractivity contribution in [3.63, 3.8) is 0 Å². The van der Waals surface area contributed by atoms with Crippen LogP contribution in [0.15, 0.2) is 25.1 Å². The van der Waals surface area contributed by atoms with Crippen LogP contribution in [0.1, 0.15) is 45.4 Å². The molecule has 0 aliphatic carbocycles. The van der Waals surface area contributed by atoms with E-state index < -0.39 is 0 Å². The highest BCUT2D eigenvalue weighted by Crippen LogP contribution is 2.10. The first kappa shape index (κ1) is 20.0. The van der Waals surface area contributed by atoms with E-state index in [1.807, 2.05) is 0 Å². The summed E-state index contributed by atoms with van der Waals surface area (Å²) in [5.74, 6) is -0.320. The predicted molar refractivity (Wildman–Crippen MR) is 92.3 cm³/mol. The Morgan fingerprint density at radius 2 is 1.76 bits per heavy atom. The first-order chi connectivity index (χ1) is 9.76. The summed E-state index contributed by atoms with van der Waals surface area (Å²) in [4.78, 5) is 15.6. The molecule has 0 atom stereocenters. The van der Waals surface area contributed by atoms with E-state index in [4.69, 9.17) is 4.74 Å². The molecule has 5 heteroatoms. The molecule has 21 heavy (non-hydrogen) atoms. The van der Waals surface area contributed by atoms with Gasteiger partial charge in [-0.05, 0) is 25.7 Å². The minimum Gasteiger partial charge on any atom is -0.463 e. The molecule has 122 valence electrons. The van der Waals surface area contributed by atoms with Gasteiger partial charge in [-0.2, -0.15) is 0 Å². The van der Waals surface area contributed by atoms with Crippen LogP contribution in [0.25, 0.3) is 0 Å². The first-order valence-electron chi connectivity index (χ1n) is 7.72. The molecule has 0 bridgehead atoms. The molecular formula is C16H29BrN2O2. The van der Waals surface area contributed by atoms with Crippen LogP contribution in [0.2, 0.25) is 0 Å². The zero-order chi connectivity index (χ0) is 14.6. The third kappa shape index (κ3) is 9.56. The van der Waals surface area contributed by atoms with Gasteiger partial charge in [-0.3, -0.25) is 0 Å². The van der Waals surface area contributed by atoms with Crippen LogP contribution in [0, 0.1) is 0 Å². The van der Waals surface area contributed by atoms with Crippen molar-refractivity contribution >= 4 is 23.0 Å². The molecule has 0 aromatic rings. The Morgan fingerprint density at radius 1 is 1.14 bits per heavy atom. The summed E-state index contributed by atoms with van der Waals surface area (Å²) in [5.41, 5.74) is 0. The van der Waals surface area contributed by atoms with Crippen molar-refractivity contribution < 1.29 is 9.53 Å². The normalized spacial score (nSPS) is 13.2. The van der Waals surface area contributed by atoms with Crippen molar-refractivity contribution in [2.24, 2.45) is 0 Å². The van der Waals surface area contributed by atoms with E-state index in [-0.39, 0.29) is 23.0 Å². The third-order valence-corrected chi connectivity index (χ3v) is 3.40. The van der Waals surface area contributed by atoms with Gasteiger partial charge < -0.3 is 14.5 Å². The van der Waals surface area contributed by atoms with Gasteiger partial charge in [0.2, 0.25) is 0 Å². The van der Waals surface area contributed by atoms with Crippen molar-refractivity contribution in [3.05, 3.63) is 25.1 Å². The molecule has 0 unspecified atom stereocenters. The minimum atomic E-state index is -0.320. The lowest BCUT2D eigenvalue weighted by Gasteiger charge is -2.21. The van der Waals surface area contributed by atoms with E-state index in [2.05, 4.69) is 35.7 Å². The molecule has 0 amide bonds. The van der Waals surface area contributed by atoms with Gasteiger partial charge in [-0.1, -0.05) is 26.3 Å². The second-order valence-corrected chi connectivity index (χ2v) is 5.20. The van der Waals surface area contributed by atoms with Gasteiger partial charge in [0.15, 0.2) is 0 Å². The molecule has 0 fully saturated rings. The summed E-state index contributed by atoms with van der Waals surface area (Å²) >= 11 is 0. The third-order valence-electron chi connectivity index (χ3n) is 3.40. The molecule has 1 aliphatic heterocycles. The standard InChI is InChI=1S/C16H28N2O2.BrH/c1-3-5-10-17-12-13-18(15-17)11-8-6-7-9-14-20-16(19)4-2;/h4,12-13H,2-3,5-11,14-15H2,1H3;1H. The van der Waals surface area contributed by atoms with Crippen LogP contribution in [0.5, 0.6) is 0 Å². The number of rotatable bonds is 11. The summed E-state index contributed by atoms with van der Waals surface area (Å²) in [7, 11) is 0. The zero-order valence-corrected chi connectivity index (χ0v) is 14.8. The molecule has 1 aliphatic rings. The first-order valence-corrected chi connectivity index (χ1v) is 7.72. The molecule has 0 aromatic heterocycles. The van der Waals surface area contributed by atoms with Crippen LogP contribution in [-0.2, 0) is 9.53 Å². The minimum absolute atomic E-state index is 0. The number of halogens is 1. The van der Waals surface area contributed by atoms with Crippen molar-refractivity contribution in [3.8, 4) is 0 Å². The number of carbonyl (C=O) groups is 1. The van der Waals surface area contributed by atoms with Crippen LogP contribution in [0.4, 0.5) is 0 Å². The lowest BCUT2D eigenvalue weighted by atomic mass is 10.2. The van der Waals surface area contributed by atoms with Crippen molar-refractivity contribution in [2.75, 3.05) is 26.4 Å². The van der Waals surface area contributed by atoms with E-state index in [1.54, 1.807) is 0 Å². The summed E-state index contributed by atoms with van der Waals surface area (Å²) in [6.45, 7) is 9.43. The Morgan fingerprint density at radius 3 is 2.38 bits per heavy atom. The lowest BCUT2D eigenvalue weighted by Crippen LogP contribution is -2.26. The van der Waals surface area contributed by atoms with Crippen molar-refractivity contribution in [1.82, 2.24) is 9.80 Å². The molecule has 4 nitrogen and oxygen atoms in total. The Kier molecular flexibility index (Phi) is 12.2. The van der Waals surface area contributed by atoms with Crippen molar-refractivity contribution in [1.29, 1.82) is 0 Å². The van der Waals surface area contributed by atoms with Crippen LogP contribution >= 0.6 is 17.0 Å².